The summed E-state index contributed by atoms with van der Waals surface area (Å²) >= 11 is 0. The highest BCUT2D eigenvalue weighted by molar-refractivity contribution is 6.09. The Balaban J connectivity index is 1.94. The fourth-order valence-corrected chi connectivity index (χ4v) is 1.81. The van der Waals surface area contributed by atoms with Crippen molar-refractivity contribution in [2.45, 2.75) is 0 Å². The average Bonchev–Trinajstić information content (AvgIpc) is 3.16. The number of imide groups is 1. The van der Waals surface area contributed by atoms with Gasteiger partial charge in [0.1, 0.15) is 11.5 Å². The molecule has 0 N–H and O–H groups in total. The van der Waals surface area contributed by atoms with Gasteiger partial charge in [-0.05, 0) is 24.3 Å². The average molecular weight is 321 g/mol. The summed E-state index contributed by atoms with van der Waals surface area (Å²) in [5, 5.41) is 4.66. The van der Waals surface area contributed by atoms with Crippen molar-refractivity contribution in [1.82, 2.24) is 20.0 Å². The van der Waals surface area contributed by atoms with Crippen molar-refractivity contribution >= 4 is 18.0 Å². The zero-order valence-corrected chi connectivity index (χ0v) is 12.3. The molecule has 0 spiro atoms. The van der Waals surface area contributed by atoms with Gasteiger partial charge in [-0.15, -0.1) is 0 Å². The maximum absolute atomic E-state index is 12.6. The van der Waals surface area contributed by atoms with E-state index in [4.69, 9.17) is 4.42 Å². The summed E-state index contributed by atoms with van der Waals surface area (Å²) in [6.45, 7) is 0. The van der Waals surface area contributed by atoms with Gasteiger partial charge in [0.05, 0.1) is 18.7 Å². The standard InChI is InChI=1S/C16H11N5O3/c22-15(12-3-5-17-6-4-12)21(20-10-13-2-1-9-24-13)16(23)14-11-18-7-8-19-14/h1-11H/b20-10+. The summed E-state index contributed by atoms with van der Waals surface area (Å²) in [4.78, 5) is 36.7. The predicted octanol–water partition coefficient (Wildman–Crippen LogP) is 1.78. The number of carbonyl (C=O) groups excluding carboxylic acids is 2. The lowest BCUT2D eigenvalue weighted by atomic mass is 10.2. The van der Waals surface area contributed by atoms with Crippen molar-refractivity contribution in [3.63, 3.8) is 0 Å². The second-order valence-electron chi connectivity index (χ2n) is 4.51. The SMILES string of the molecule is O=C(c1ccncc1)N(/N=C/c1ccco1)C(=O)c1cnccn1. The molecule has 0 bridgehead atoms. The predicted molar refractivity (Wildman–Crippen MR) is 83.1 cm³/mol. The molecule has 24 heavy (non-hydrogen) atoms. The third-order valence-electron chi connectivity index (χ3n) is 2.94. The van der Waals surface area contributed by atoms with E-state index < -0.39 is 11.8 Å². The van der Waals surface area contributed by atoms with Crippen LogP contribution in [0.4, 0.5) is 0 Å². The molecule has 0 radical (unpaired) electrons. The molecule has 8 heteroatoms. The van der Waals surface area contributed by atoms with Crippen molar-refractivity contribution in [1.29, 1.82) is 0 Å². The number of aromatic nitrogens is 3. The van der Waals surface area contributed by atoms with Crippen molar-refractivity contribution in [3.8, 4) is 0 Å². The van der Waals surface area contributed by atoms with E-state index in [1.807, 2.05) is 0 Å². The van der Waals surface area contributed by atoms with Gasteiger partial charge in [-0.25, -0.2) is 4.98 Å². The van der Waals surface area contributed by atoms with Crippen LogP contribution in [0.1, 0.15) is 26.6 Å². The maximum atomic E-state index is 12.6. The molecular weight excluding hydrogens is 310 g/mol. The minimum Gasteiger partial charge on any atom is -0.463 e. The second kappa shape index (κ2) is 7.05. The Labute approximate surface area is 136 Å². The molecular formula is C16H11N5O3. The van der Waals surface area contributed by atoms with E-state index in [0.29, 0.717) is 10.8 Å². The lowest BCUT2D eigenvalue weighted by molar-refractivity contribution is 0.0618. The van der Waals surface area contributed by atoms with Crippen LogP contribution >= 0.6 is 0 Å². The van der Waals surface area contributed by atoms with Crippen molar-refractivity contribution in [2.24, 2.45) is 5.10 Å². The Kier molecular flexibility index (Phi) is 4.47. The van der Waals surface area contributed by atoms with E-state index in [1.165, 1.54) is 55.6 Å². The summed E-state index contributed by atoms with van der Waals surface area (Å²) in [6.07, 6.45) is 9.69. The third-order valence-corrected chi connectivity index (χ3v) is 2.94. The number of hydrogen-bond donors (Lipinski definition) is 0. The topological polar surface area (TPSA) is 102 Å². The number of furan rings is 1. The normalized spacial score (nSPS) is 10.7. The van der Waals surface area contributed by atoms with Gasteiger partial charge in [-0.2, -0.15) is 10.1 Å². The molecule has 0 saturated heterocycles. The fraction of sp³-hybridized carbons (Fsp3) is 0. The second-order valence-corrected chi connectivity index (χ2v) is 4.51. The van der Waals surface area contributed by atoms with Gasteiger partial charge in [0, 0.05) is 30.4 Å². The Bertz CT molecular complexity index is 796. The van der Waals surface area contributed by atoms with Crippen LogP contribution in [0.2, 0.25) is 0 Å². The Morgan fingerprint density at radius 1 is 1.04 bits per heavy atom. The Hall–Kier alpha value is -3.68. The third kappa shape index (κ3) is 3.38. The summed E-state index contributed by atoms with van der Waals surface area (Å²) < 4.78 is 5.12. The van der Waals surface area contributed by atoms with Crippen LogP contribution in [0.5, 0.6) is 0 Å². The number of hydrogen-bond acceptors (Lipinski definition) is 7. The maximum Gasteiger partial charge on any atom is 0.301 e. The largest absolute Gasteiger partial charge is 0.463 e. The van der Waals surface area contributed by atoms with Crippen LogP contribution in [-0.2, 0) is 0 Å². The summed E-state index contributed by atoms with van der Waals surface area (Å²) in [5.41, 5.74) is 0.260. The van der Waals surface area contributed by atoms with Crippen LogP contribution in [0.3, 0.4) is 0 Å². The highest BCUT2D eigenvalue weighted by Gasteiger charge is 2.25. The molecule has 0 atom stereocenters. The minimum absolute atomic E-state index is 0.00324. The molecule has 3 rings (SSSR count). The molecule has 0 unspecified atom stereocenters. The molecule has 3 aromatic rings. The van der Waals surface area contributed by atoms with E-state index in [9.17, 15) is 9.59 Å². The molecule has 0 aliphatic carbocycles. The van der Waals surface area contributed by atoms with Gasteiger partial charge in [-0.3, -0.25) is 19.6 Å². The molecule has 0 aliphatic rings. The zero-order valence-electron chi connectivity index (χ0n) is 12.3. The first-order chi connectivity index (χ1) is 11.8. The highest BCUT2D eigenvalue weighted by Crippen LogP contribution is 2.09. The van der Waals surface area contributed by atoms with Crippen LogP contribution < -0.4 is 0 Å². The van der Waals surface area contributed by atoms with E-state index >= 15 is 0 Å². The Morgan fingerprint density at radius 3 is 2.54 bits per heavy atom. The van der Waals surface area contributed by atoms with Crippen LogP contribution in [0.25, 0.3) is 0 Å². The Morgan fingerprint density at radius 2 is 1.88 bits per heavy atom. The highest BCUT2D eigenvalue weighted by atomic mass is 16.3. The summed E-state index contributed by atoms with van der Waals surface area (Å²) in [7, 11) is 0. The summed E-state index contributed by atoms with van der Waals surface area (Å²) in [5.74, 6) is -0.918. The number of pyridine rings is 1. The molecule has 8 nitrogen and oxygen atoms in total. The number of hydrazone groups is 1. The molecule has 2 amide bonds. The van der Waals surface area contributed by atoms with Crippen LogP contribution in [0.15, 0.2) is 71.0 Å². The number of nitrogens with zero attached hydrogens (tertiary/aromatic N) is 5. The molecule has 3 heterocycles. The van der Waals surface area contributed by atoms with Crippen LogP contribution in [0, 0.1) is 0 Å². The van der Waals surface area contributed by atoms with Gasteiger partial charge >= 0.3 is 5.91 Å². The lowest BCUT2D eigenvalue weighted by Gasteiger charge is -2.14. The van der Waals surface area contributed by atoms with Gasteiger partial charge in [0.15, 0.2) is 0 Å². The smallest absolute Gasteiger partial charge is 0.301 e. The van der Waals surface area contributed by atoms with Gasteiger partial charge < -0.3 is 4.42 Å². The van der Waals surface area contributed by atoms with Gasteiger partial charge in [0.2, 0.25) is 0 Å². The van der Waals surface area contributed by atoms with Gasteiger partial charge in [0.25, 0.3) is 5.91 Å². The molecule has 3 aromatic heterocycles. The monoisotopic (exact) mass is 321 g/mol. The fourth-order valence-electron chi connectivity index (χ4n) is 1.81. The van der Waals surface area contributed by atoms with Gasteiger partial charge in [-0.1, -0.05) is 0 Å². The zero-order chi connectivity index (χ0) is 16.8. The molecule has 118 valence electrons. The minimum atomic E-state index is -0.701. The number of carbonyl (C=O) groups is 2. The van der Waals surface area contributed by atoms with Crippen molar-refractivity contribution < 1.29 is 14.0 Å². The number of amides is 2. The first-order valence-corrected chi connectivity index (χ1v) is 6.88. The van der Waals surface area contributed by atoms with E-state index in [-0.39, 0.29) is 11.3 Å². The van der Waals surface area contributed by atoms with E-state index in [2.05, 4.69) is 20.1 Å². The number of rotatable bonds is 4. The van der Waals surface area contributed by atoms with E-state index in [0.717, 1.165) is 0 Å². The lowest BCUT2D eigenvalue weighted by Crippen LogP contribution is -2.33. The molecule has 0 fully saturated rings. The van der Waals surface area contributed by atoms with Crippen molar-refractivity contribution in [3.05, 3.63) is 78.5 Å². The first-order valence-electron chi connectivity index (χ1n) is 6.88. The van der Waals surface area contributed by atoms with Crippen LogP contribution in [-0.4, -0.2) is 38.0 Å². The van der Waals surface area contributed by atoms with Crippen molar-refractivity contribution in [2.75, 3.05) is 0 Å². The summed E-state index contributed by atoms with van der Waals surface area (Å²) in [6, 6.07) is 6.29. The first kappa shape index (κ1) is 15.2. The van der Waals surface area contributed by atoms with E-state index in [1.54, 1.807) is 12.1 Å². The molecule has 0 aromatic carbocycles. The quantitative estimate of drug-likeness (QED) is 0.412. The molecule has 0 aliphatic heterocycles. The molecule has 0 saturated carbocycles.